The SMILES string of the molecule is C=C(OC)C(OC)c1ccccc1. The van der Waals surface area contributed by atoms with Gasteiger partial charge in [0, 0.05) is 7.11 Å². The molecule has 13 heavy (non-hydrogen) atoms. The molecule has 0 aliphatic heterocycles. The second-order valence-corrected chi connectivity index (χ2v) is 2.70. The van der Waals surface area contributed by atoms with E-state index in [0.717, 1.165) is 5.56 Å². The molecule has 0 saturated carbocycles. The molecule has 0 N–H and O–H groups in total. The molecule has 1 unspecified atom stereocenters. The summed E-state index contributed by atoms with van der Waals surface area (Å²) in [4.78, 5) is 0. The van der Waals surface area contributed by atoms with Crippen molar-refractivity contribution in [3.8, 4) is 0 Å². The summed E-state index contributed by atoms with van der Waals surface area (Å²) >= 11 is 0. The minimum absolute atomic E-state index is 0.175. The van der Waals surface area contributed by atoms with Crippen LogP contribution in [0.2, 0.25) is 0 Å². The summed E-state index contributed by atoms with van der Waals surface area (Å²) in [6.07, 6.45) is -0.175. The maximum absolute atomic E-state index is 5.26. The Bertz CT molecular complexity index is 267. The van der Waals surface area contributed by atoms with Crippen molar-refractivity contribution in [3.05, 3.63) is 48.2 Å². The summed E-state index contributed by atoms with van der Waals surface area (Å²) in [6.45, 7) is 3.77. The zero-order valence-corrected chi connectivity index (χ0v) is 7.99. The lowest BCUT2D eigenvalue weighted by atomic mass is 10.1. The molecule has 1 atom stereocenters. The van der Waals surface area contributed by atoms with Crippen LogP contribution in [0.4, 0.5) is 0 Å². The molecule has 0 radical (unpaired) electrons. The summed E-state index contributed by atoms with van der Waals surface area (Å²) in [5, 5.41) is 0. The van der Waals surface area contributed by atoms with Crippen molar-refractivity contribution >= 4 is 0 Å². The van der Waals surface area contributed by atoms with Crippen molar-refractivity contribution < 1.29 is 9.47 Å². The van der Waals surface area contributed by atoms with E-state index in [-0.39, 0.29) is 6.10 Å². The van der Waals surface area contributed by atoms with E-state index in [1.807, 2.05) is 30.3 Å². The van der Waals surface area contributed by atoms with Gasteiger partial charge in [0.2, 0.25) is 0 Å². The van der Waals surface area contributed by atoms with Crippen LogP contribution in [0.3, 0.4) is 0 Å². The van der Waals surface area contributed by atoms with Gasteiger partial charge >= 0.3 is 0 Å². The van der Waals surface area contributed by atoms with Gasteiger partial charge in [-0.15, -0.1) is 0 Å². The molecule has 2 nitrogen and oxygen atoms in total. The fourth-order valence-electron chi connectivity index (χ4n) is 1.19. The molecule has 0 aliphatic rings. The lowest BCUT2D eigenvalue weighted by Crippen LogP contribution is -2.05. The smallest absolute Gasteiger partial charge is 0.138 e. The van der Waals surface area contributed by atoms with Crippen LogP contribution < -0.4 is 0 Å². The largest absolute Gasteiger partial charge is 0.499 e. The van der Waals surface area contributed by atoms with Crippen LogP contribution in [0.1, 0.15) is 11.7 Å². The van der Waals surface area contributed by atoms with E-state index in [1.165, 1.54) is 0 Å². The molecule has 0 spiro atoms. The number of benzene rings is 1. The lowest BCUT2D eigenvalue weighted by molar-refractivity contribution is 0.0797. The lowest BCUT2D eigenvalue weighted by Gasteiger charge is -2.16. The highest BCUT2D eigenvalue weighted by molar-refractivity contribution is 5.22. The van der Waals surface area contributed by atoms with E-state index in [1.54, 1.807) is 14.2 Å². The van der Waals surface area contributed by atoms with E-state index >= 15 is 0 Å². The average molecular weight is 178 g/mol. The van der Waals surface area contributed by atoms with Crippen molar-refractivity contribution in [2.75, 3.05) is 14.2 Å². The number of methoxy groups -OCH3 is 2. The summed E-state index contributed by atoms with van der Waals surface area (Å²) in [7, 11) is 3.24. The van der Waals surface area contributed by atoms with Gasteiger partial charge in [0.25, 0.3) is 0 Å². The highest BCUT2D eigenvalue weighted by Gasteiger charge is 2.13. The molecule has 1 rings (SSSR count). The summed E-state index contributed by atoms with van der Waals surface area (Å²) in [5.74, 6) is 0.619. The van der Waals surface area contributed by atoms with Gasteiger partial charge in [-0.1, -0.05) is 36.9 Å². The monoisotopic (exact) mass is 178 g/mol. The van der Waals surface area contributed by atoms with Gasteiger partial charge in [0.05, 0.1) is 7.11 Å². The molecule has 0 aliphatic carbocycles. The third kappa shape index (κ3) is 2.33. The first-order valence-electron chi connectivity index (χ1n) is 4.10. The van der Waals surface area contributed by atoms with Crippen LogP contribution in [-0.2, 0) is 9.47 Å². The maximum atomic E-state index is 5.26. The molecular weight excluding hydrogens is 164 g/mol. The summed E-state index contributed by atoms with van der Waals surface area (Å²) in [5.41, 5.74) is 1.05. The second kappa shape index (κ2) is 4.67. The predicted octanol–water partition coefficient (Wildman–Crippen LogP) is 2.53. The first-order chi connectivity index (χ1) is 6.29. The molecule has 0 saturated heterocycles. The average Bonchev–Trinajstić information content (AvgIpc) is 2.20. The quantitative estimate of drug-likeness (QED) is 0.659. The normalized spacial score (nSPS) is 12.2. The molecule has 0 bridgehead atoms. The third-order valence-electron chi connectivity index (χ3n) is 1.89. The van der Waals surface area contributed by atoms with Crippen LogP contribution in [0.5, 0.6) is 0 Å². The Balaban J connectivity index is 2.85. The minimum Gasteiger partial charge on any atom is -0.499 e. The first-order valence-corrected chi connectivity index (χ1v) is 4.10. The van der Waals surface area contributed by atoms with Gasteiger partial charge in [-0.2, -0.15) is 0 Å². The predicted molar refractivity (Wildman–Crippen MR) is 52.3 cm³/mol. The zero-order valence-electron chi connectivity index (χ0n) is 7.99. The Morgan fingerprint density at radius 2 is 1.85 bits per heavy atom. The van der Waals surface area contributed by atoms with E-state index in [2.05, 4.69) is 6.58 Å². The Morgan fingerprint density at radius 3 is 2.31 bits per heavy atom. The van der Waals surface area contributed by atoms with Crippen molar-refractivity contribution in [3.63, 3.8) is 0 Å². The Morgan fingerprint density at radius 1 is 1.23 bits per heavy atom. The molecular formula is C11H14O2. The number of hydrogen-bond donors (Lipinski definition) is 0. The molecule has 0 heterocycles. The Hall–Kier alpha value is -1.28. The summed E-state index contributed by atoms with van der Waals surface area (Å²) in [6, 6.07) is 9.86. The van der Waals surface area contributed by atoms with Crippen LogP contribution >= 0.6 is 0 Å². The molecule has 0 aromatic heterocycles. The van der Waals surface area contributed by atoms with Gasteiger partial charge in [-0.3, -0.25) is 0 Å². The molecule has 1 aromatic carbocycles. The molecule has 0 amide bonds. The maximum Gasteiger partial charge on any atom is 0.138 e. The van der Waals surface area contributed by atoms with Gasteiger partial charge in [-0.25, -0.2) is 0 Å². The number of hydrogen-bond acceptors (Lipinski definition) is 2. The van der Waals surface area contributed by atoms with Crippen LogP contribution in [0.25, 0.3) is 0 Å². The number of ether oxygens (including phenoxy) is 2. The highest BCUT2D eigenvalue weighted by Crippen LogP contribution is 2.23. The molecule has 1 aromatic rings. The van der Waals surface area contributed by atoms with Gasteiger partial charge in [-0.05, 0) is 5.56 Å². The highest BCUT2D eigenvalue weighted by atomic mass is 16.5. The van der Waals surface area contributed by atoms with Crippen molar-refractivity contribution in [2.45, 2.75) is 6.10 Å². The number of rotatable bonds is 4. The van der Waals surface area contributed by atoms with E-state index in [0.29, 0.717) is 5.76 Å². The fourth-order valence-corrected chi connectivity index (χ4v) is 1.19. The van der Waals surface area contributed by atoms with Crippen LogP contribution in [0.15, 0.2) is 42.7 Å². The minimum atomic E-state index is -0.175. The first kappa shape index (κ1) is 9.81. The Labute approximate surface area is 78.8 Å². The van der Waals surface area contributed by atoms with Crippen molar-refractivity contribution in [1.29, 1.82) is 0 Å². The van der Waals surface area contributed by atoms with E-state index in [9.17, 15) is 0 Å². The second-order valence-electron chi connectivity index (χ2n) is 2.70. The van der Waals surface area contributed by atoms with E-state index in [4.69, 9.17) is 9.47 Å². The Kier molecular flexibility index (Phi) is 3.53. The molecule has 70 valence electrons. The molecule has 2 heteroatoms. The zero-order chi connectivity index (χ0) is 9.68. The standard InChI is InChI=1S/C11H14O2/c1-9(12-2)11(13-3)10-7-5-4-6-8-10/h4-8,11H,1H2,2-3H3. The van der Waals surface area contributed by atoms with E-state index < -0.39 is 0 Å². The topological polar surface area (TPSA) is 18.5 Å². The van der Waals surface area contributed by atoms with Gasteiger partial charge in [0.1, 0.15) is 11.9 Å². The van der Waals surface area contributed by atoms with Gasteiger partial charge < -0.3 is 9.47 Å². The summed E-state index contributed by atoms with van der Waals surface area (Å²) < 4.78 is 10.3. The van der Waals surface area contributed by atoms with Crippen molar-refractivity contribution in [2.24, 2.45) is 0 Å². The molecule has 0 fully saturated rings. The van der Waals surface area contributed by atoms with Crippen LogP contribution in [0, 0.1) is 0 Å². The van der Waals surface area contributed by atoms with Gasteiger partial charge in [0.15, 0.2) is 0 Å². The third-order valence-corrected chi connectivity index (χ3v) is 1.89. The fraction of sp³-hybridized carbons (Fsp3) is 0.273. The van der Waals surface area contributed by atoms with Crippen molar-refractivity contribution in [1.82, 2.24) is 0 Å². The van der Waals surface area contributed by atoms with Crippen LogP contribution in [-0.4, -0.2) is 14.2 Å².